The van der Waals surface area contributed by atoms with E-state index in [9.17, 15) is 14.7 Å². The second-order valence-corrected chi connectivity index (χ2v) is 5.60. The lowest BCUT2D eigenvalue weighted by molar-refractivity contribution is -0.148. The fraction of sp³-hybridized carbons (Fsp3) is 0.333. The van der Waals surface area contributed by atoms with Crippen LogP contribution in [0, 0.1) is 3.57 Å². The molecule has 1 aliphatic carbocycles. The van der Waals surface area contributed by atoms with Gasteiger partial charge in [0.2, 0.25) is 0 Å². The Balaban J connectivity index is 2.22. The van der Waals surface area contributed by atoms with E-state index < -0.39 is 17.4 Å². The number of hydrogen-bond donors (Lipinski definition) is 3. The van der Waals surface area contributed by atoms with Crippen molar-refractivity contribution in [1.82, 2.24) is 5.32 Å². The van der Waals surface area contributed by atoms with E-state index in [0.717, 1.165) is 9.99 Å². The molecule has 1 fully saturated rings. The highest BCUT2D eigenvalue weighted by molar-refractivity contribution is 14.1. The summed E-state index contributed by atoms with van der Waals surface area (Å²) in [6.45, 7) is 0. The molecular weight excluding hydrogens is 349 g/mol. The van der Waals surface area contributed by atoms with E-state index >= 15 is 0 Å². The van der Waals surface area contributed by atoms with E-state index in [2.05, 4.69) is 5.32 Å². The summed E-state index contributed by atoms with van der Waals surface area (Å²) in [6.07, 6.45) is 1.64. The Bertz CT molecular complexity index is 511. The van der Waals surface area contributed by atoms with Crippen molar-refractivity contribution < 1.29 is 19.8 Å². The van der Waals surface area contributed by atoms with Gasteiger partial charge in [-0.15, -0.1) is 0 Å². The fourth-order valence-corrected chi connectivity index (χ4v) is 2.39. The average Bonchev–Trinajstić information content (AvgIpc) is 2.26. The number of benzene rings is 1. The molecular formula is C12H12INO4. The minimum atomic E-state index is -1.16. The fourth-order valence-electron chi connectivity index (χ4n) is 1.90. The lowest BCUT2D eigenvalue weighted by Crippen LogP contribution is -2.59. The van der Waals surface area contributed by atoms with Gasteiger partial charge in [-0.3, -0.25) is 4.79 Å². The normalized spacial score (nSPS) is 16.7. The number of carboxylic acids is 1. The number of phenolic OH excluding ortho intramolecular Hbond substituents is 1. The predicted molar refractivity (Wildman–Crippen MR) is 72.5 cm³/mol. The van der Waals surface area contributed by atoms with Crippen LogP contribution in [0.25, 0.3) is 0 Å². The summed E-state index contributed by atoms with van der Waals surface area (Å²) in [4.78, 5) is 23.1. The van der Waals surface area contributed by atoms with Crippen LogP contribution in [-0.4, -0.2) is 27.6 Å². The van der Waals surface area contributed by atoms with Crippen molar-refractivity contribution in [3.8, 4) is 5.75 Å². The lowest BCUT2D eigenvalue weighted by atomic mass is 9.76. The Morgan fingerprint density at radius 3 is 2.50 bits per heavy atom. The highest BCUT2D eigenvalue weighted by Crippen LogP contribution is 2.33. The Morgan fingerprint density at radius 1 is 1.33 bits per heavy atom. The Labute approximate surface area is 117 Å². The van der Waals surface area contributed by atoms with Crippen LogP contribution < -0.4 is 5.32 Å². The first-order valence-corrected chi connectivity index (χ1v) is 6.57. The van der Waals surface area contributed by atoms with Gasteiger partial charge >= 0.3 is 5.97 Å². The molecule has 0 aromatic heterocycles. The molecule has 3 N–H and O–H groups in total. The first kappa shape index (κ1) is 13.1. The molecule has 1 aliphatic rings. The van der Waals surface area contributed by atoms with Crippen molar-refractivity contribution in [2.24, 2.45) is 0 Å². The molecule has 0 heterocycles. The Kier molecular flexibility index (Phi) is 3.47. The molecule has 1 saturated carbocycles. The van der Waals surface area contributed by atoms with Crippen LogP contribution >= 0.6 is 22.6 Å². The van der Waals surface area contributed by atoms with E-state index in [4.69, 9.17) is 5.11 Å². The van der Waals surface area contributed by atoms with Crippen molar-refractivity contribution in [1.29, 1.82) is 0 Å². The molecule has 0 unspecified atom stereocenters. The van der Waals surface area contributed by atoms with E-state index in [1.807, 2.05) is 22.6 Å². The van der Waals surface area contributed by atoms with Crippen LogP contribution in [-0.2, 0) is 4.79 Å². The molecule has 96 valence electrons. The van der Waals surface area contributed by atoms with Gasteiger partial charge in [0.15, 0.2) is 0 Å². The largest absolute Gasteiger partial charge is 0.507 e. The van der Waals surface area contributed by atoms with Crippen LogP contribution in [0.2, 0.25) is 0 Å². The number of amides is 1. The smallest absolute Gasteiger partial charge is 0.329 e. The first-order valence-electron chi connectivity index (χ1n) is 5.49. The molecule has 6 heteroatoms. The zero-order valence-electron chi connectivity index (χ0n) is 9.44. The van der Waals surface area contributed by atoms with Crippen molar-refractivity contribution in [2.45, 2.75) is 24.8 Å². The average molecular weight is 361 g/mol. The zero-order chi connectivity index (χ0) is 13.3. The highest BCUT2D eigenvalue weighted by Gasteiger charge is 2.45. The first-order chi connectivity index (χ1) is 8.44. The van der Waals surface area contributed by atoms with Gasteiger partial charge in [-0.2, -0.15) is 0 Å². The second-order valence-electron chi connectivity index (χ2n) is 4.36. The number of carboxylic acid groups (broad SMARTS) is 1. The number of nitrogens with one attached hydrogen (secondary N) is 1. The van der Waals surface area contributed by atoms with Crippen molar-refractivity contribution in [3.05, 3.63) is 27.3 Å². The van der Waals surface area contributed by atoms with Crippen molar-refractivity contribution in [3.63, 3.8) is 0 Å². The zero-order valence-corrected chi connectivity index (χ0v) is 11.6. The molecule has 0 aliphatic heterocycles. The van der Waals surface area contributed by atoms with E-state index in [1.165, 1.54) is 12.1 Å². The number of phenols is 1. The van der Waals surface area contributed by atoms with Crippen LogP contribution in [0.15, 0.2) is 18.2 Å². The maximum atomic E-state index is 12.0. The number of carbonyl (C=O) groups excluding carboxylic acids is 1. The Morgan fingerprint density at radius 2 is 2.00 bits per heavy atom. The SMILES string of the molecule is O=C(NC1(C(=O)O)CCC1)c1cc(I)ccc1O. The van der Waals surface area contributed by atoms with E-state index in [1.54, 1.807) is 6.07 Å². The van der Waals surface area contributed by atoms with Gasteiger partial charge in [-0.25, -0.2) is 4.79 Å². The third-order valence-electron chi connectivity index (χ3n) is 3.17. The van der Waals surface area contributed by atoms with Gasteiger partial charge in [0.1, 0.15) is 11.3 Å². The monoisotopic (exact) mass is 361 g/mol. The van der Waals surface area contributed by atoms with Crippen LogP contribution in [0.4, 0.5) is 0 Å². The van der Waals surface area contributed by atoms with Crippen LogP contribution in [0.1, 0.15) is 29.6 Å². The quantitative estimate of drug-likeness (QED) is 0.716. The van der Waals surface area contributed by atoms with Crippen molar-refractivity contribution >= 4 is 34.5 Å². The molecule has 0 saturated heterocycles. The molecule has 1 amide bonds. The molecule has 1 aromatic rings. The number of rotatable bonds is 3. The molecule has 0 radical (unpaired) electrons. The number of aliphatic carboxylic acids is 1. The van der Waals surface area contributed by atoms with Gasteiger partial charge in [0.25, 0.3) is 5.91 Å². The standard InChI is InChI=1S/C12H12INO4/c13-7-2-3-9(15)8(6-7)10(16)14-12(11(17)18)4-1-5-12/h2-3,6,15H,1,4-5H2,(H,14,16)(H,17,18). The number of halogens is 1. The van der Waals surface area contributed by atoms with Gasteiger partial charge in [0, 0.05) is 3.57 Å². The molecule has 0 spiro atoms. The molecule has 1 aromatic carbocycles. The minimum absolute atomic E-state index is 0.106. The topological polar surface area (TPSA) is 86.6 Å². The summed E-state index contributed by atoms with van der Waals surface area (Å²) in [6, 6.07) is 4.62. The van der Waals surface area contributed by atoms with Gasteiger partial charge in [0.05, 0.1) is 5.56 Å². The summed E-state index contributed by atoms with van der Waals surface area (Å²) in [5.41, 5.74) is -1.06. The molecule has 18 heavy (non-hydrogen) atoms. The van der Waals surface area contributed by atoms with Crippen LogP contribution in [0.3, 0.4) is 0 Å². The number of aromatic hydroxyl groups is 1. The van der Waals surface area contributed by atoms with Gasteiger partial charge in [-0.05, 0) is 60.1 Å². The summed E-state index contributed by atoms with van der Waals surface area (Å²) in [7, 11) is 0. The second kappa shape index (κ2) is 4.75. The molecule has 0 bridgehead atoms. The van der Waals surface area contributed by atoms with Crippen LogP contribution in [0.5, 0.6) is 5.75 Å². The number of carbonyl (C=O) groups is 2. The number of hydrogen-bond acceptors (Lipinski definition) is 3. The maximum absolute atomic E-state index is 12.0. The summed E-state index contributed by atoms with van der Waals surface area (Å²) < 4.78 is 0.800. The minimum Gasteiger partial charge on any atom is -0.507 e. The lowest BCUT2D eigenvalue weighted by Gasteiger charge is -2.38. The molecule has 2 rings (SSSR count). The summed E-state index contributed by atoms with van der Waals surface area (Å²) >= 11 is 2.02. The summed E-state index contributed by atoms with van der Waals surface area (Å²) in [5.74, 6) is -1.71. The summed E-state index contributed by atoms with van der Waals surface area (Å²) in [5, 5.41) is 21.3. The van der Waals surface area contributed by atoms with Crippen molar-refractivity contribution in [2.75, 3.05) is 0 Å². The van der Waals surface area contributed by atoms with E-state index in [0.29, 0.717) is 12.8 Å². The highest BCUT2D eigenvalue weighted by atomic mass is 127. The van der Waals surface area contributed by atoms with E-state index in [-0.39, 0.29) is 11.3 Å². The maximum Gasteiger partial charge on any atom is 0.329 e. The third-order valence-corrected chi connectivity index (χ3v) is 3.84. The molecule has 5 nitrogen and oxygen atoms in total. The molecule has 0 atom stereocenters. The Hall–Kier alpha value is -1.31. The van der Waals surface area contributed by atoms with Gasteiger partial charge < -0.3 is 15.5 Å². The predicted octanol–water partition coefficient (Wildman–Crippen LogP) is 1.73. The third kappa shape index (κ3) is 2.29. The van der Waals surface area contributed by atoms with Gasteiger partial charge in [-0.1, -0.05) is 0 Å².